The maximum Gasteiger partial charge on any atom is 0.266 e. The van der Waals surface area contributed by atoms with Crippen molar-refractivity contribution in [2.24, 2.45) is 0 Å². The number of nitrogens with one attached hydrogen (secondary N) is 1. The highest BCUT2D eigenvalue weighted by molar-refractivity contribution is 9.10. The fraction of sp³-hybridized carbons (Fsp3) is 0.333. The molecule has 0 fully saturated rings. The molecule has 2 aromatic rings. The number of ether oxygens (including phenoxy) is 1. The average Bonchev–Trinajstić information content (AvgIpc) is 2.74. The molecule has 0 saturated heterocycles. The molecule has 0 aliphatic heterocycles. The molecule has 0 aromatic heterocycles. The molecular formula is C24H26BrFN2O2. The van der Waals surface area contributed by atoms with Gasteiger partial charge < -0.3 is 10.1 Å². The molecule has 1 amide bonds. The lowest BCUT2D eigenvalue weighted by molar-refractivity contribution is -0.112. The van der Waals surface area contributed by atoms with Crippen LogP contribution >= 0.6 is 15.9 Å². The summed E-state index contributed by atoms with van der Waals surface area (Å²) < 4.78 is 19.8. The van der Waals surface area contributed by atoms with E-state index >= 15 is 0 Å². The first-order chi connectivity index (χ1) is 14.5. The monoisotopic (exact) mass is 472 g/mol. The number of carbonyl (C=O) groups is 1. The number of carbonyl (C=O) groups excluding carboxylic acids is 1. The third kappa shape index (κ3) is 8.00. The molecule has 2 aromatic carbocycles. The van der Waals surface area contributed by atoms with Crippen LogP contribution in [0.4, 0.5) is 10.1 Å². The van der Waals surface area contributed by atoms with Gasteiger partial charge >= 0.3 is 0 Å². The Labute approximate surface area is 185 Å². The van der Waals surface area contributed by atoms with Gasteiger partial charge in [0.15, 0.2) is 0 Å². The Hall–Kier alpha value is -2.65. The molecule has 0 bridgehead atoms. The standard InChI is InChI=1S/C24H26BrFN2O2/c1-2-3-4-5-6-7-14-30-23-13-8-20(25)16-18(23)15-19(17-27)24(29)28-22-11-9-21(26)10-12-22/h8-13,15-16H,2-7,14H2,1H3,(H,28,29)/b19-15+. The van der Waals surface area contributed by atoms with Gasteiger partial charge in [-0.05, 0) is 55.0 Å². The summed E-state index contributed by atoms with van der Waals surface area (Å²) in [6.45, 7) is 2.78. The van der Waals surface area contributed by atoms with Gasteiger partial charge in [-0.25, -0.2) is 4.39 Å². The first kappa shape index (κ1) is 23.6. The molecule has 4 nitrogen and oxygen atoms in total. The molecule has 0 heterocycles. The summed E-state index contributed by atoms with van der Waals surface area (Å²) in [6.07, 6.45) is 8.51. The van der Waals surface area contributed by atoms with Crippen molar-refractivity contribution in [3.63, 3.8) is 0 Å². The predicted octanol–water partition coefficient (Wildman–Crippen LogP) is 6.87. The van der Waals surface area contributed by atoms with E-state index in [1.54, 1.807) is 6.07 Å². The molecule has 0 radical (unpaired) electrons. The van der Waals surface area contributed by atoms with E-state index in [9.17, 15) is 14.4 Å². The summed E-state index contributed by atoms with van der Waals surface area (Å²) in [7, 11) is 0. The molecule has 30 heavy (non-hydrogen) atoms. The summed E-state index contributed by atoms with van der Waals surface area (Å²) in [4.78, 5) is 12.5. The Kier molecular flexibility index (Phi) is 10.1. The van der Waals surface area contributed by atoms with Crippen LogP contribution in [0.1, 0.15) is 51.0 Å². The van der Waals surface area contributed by atoms with Crippen LogP contribution in [0.5, 0.6) is 5.75 Å². The Bertz CT molecular complexity index is 904. The summed E-state index contributed by atoms with van der Waals surface area (Å²) >= 11 is 3.42. The summed E-state index contributed by atoms with van der Waals surface area (Å²) in [5.41, 5.74) is 0.986. The largest absolute Gasteiger partial charge is 0.493 e. The predicted molar refractivity (Wildman–Crippen MR) is 122 cm³/mol. The molecule has 0 saturated carbocycles. The zero-order valence-corrected chi connectivity index (χ0v) is 18.7. The molecule has 0 aliphatic rings. The van der Waals surface area contributed by atoms with E-state index in [1.807, 2.05) is 18.2 Å². The zero-order valence-electron chi connectivity index (χ0n) is 17.1. The van der Waals surface area contributed by atoms with Gasteiger partial charge in [0.05, 0.1) is 6.61 Å². The van der Waals surface area contributed by atoms with Crippen molar-refractivity contribution >= 4 is 33.6 Å². The topological polar surface area (TPSA) is 62.1 Å². The number of nitriles is 1. The fourth-order valence-electron chi connectivity index (χ4n) is 2.86. The maximum absolute atomic E-state index is 13.0. The first-order valence-corrected chi connectivity index (χ1v) is 10.9. The number of hydrogen-bond acceptors (Lipinski definition) is 3. The van der Waals surface area contributed by atoms with Gasteiger partial charge in [0.1, 0.15) is 23.2 Å². The molecule has 6 heteroatoms. The highest BCUT2D eigenvalue weighted by atomic mass is 79.9. The van der Waals surface area contributed by atoms with Gasteiger partial charge in [-0.15, -0.1) is 0 Å². The second-order valence-corrected chi connectivity index (χ2v) is 7.84. The summed E-state index contributed by atoms with van der Waals surface area (Å²) in [5, 5.41) is 12.1. The number of rotatable bonds is 11. The van der Waals surface area contributed by atoms with Crippen LogP contribution in [0.3, 0.4) is 0 Å². The molecule has 0 aliphatic carbocycles. The van der Waals surface area contributed by atoms with Gasteiger partial charge in [-0.3, -0.25) is 4.79 Å². The Morgan fingerprint density at radius 3 is 2.53 bits per heavy atom. The van der Waals surface area contributed by atoms with Crippen LogP contribution in [0.15, 0.2) is 52.5 Å². The number of benzene rings is 2. The van der Waals surface area contributed by atoms with E-state index in [-0.39, 0.29) is 5.57 Å². The van der Waals surface area contributed by atoms with Gasteiger partial charge in [0.2, 0.25) is 0 Å². The van der Waals surface area contributed by atoms with Crippen molar-refractivity contribution in [3.05, 3.63) is 63.9 Å². The highest BCUT2D eigenvalue weighted by Crippen LogP contribution is 2.26. The number of amides is 1. The second-order valence-electron chi connectivity index (χ2n) is 6.93. The fourth-order valence-corrected chi connectivity index (χ4v) is 3.24. The van der Waals surface area contributed by atoms with Gasteiger partial charge in [-0.2, -0.15) is 5.26 Å². The molecule has 0 unspecified atom stereocenters. The normalized spacial score (nSPS) is 11.1. The lowest BCUT2D eigenvalue weighted by Crippen LogP contribution is -2.13. The van der Waals surface area contributed by atoms with Crippen LogP contribution in [0.2, 0.25) is 0 Å². The lowest BCUT2D eigenvalue weighted by Gasteiger charge is -2.11. The smallest absolute Gasteiger partial charge is 0.266 e. The third-order valence-corrected chi connectivity index (χ3v) is 4.99. The Balaban J connectivity index is 2.05. The Morgan fingerprint density at radius 1 is 1.13 bits per heavy atom. The number of halogens is 2. The van der Waals surface area contributed by atoms with E-state index in [4.69, 9.17) is 4.74 Å². The van der Waals surface area contributed by atoms with Crippen molar-refractivity contribution in [1.82, 2.24) is 0 Å². The Morgan fingerprint density at radius 2 is 1.83 bits per heavy atom. The molecule has 0 atom stereocenters. The quantitative estimate of drug-likeness (QED) is 0.220. The minimum absolute atomic E-state index is 0.0677. The molecule has 0 spiro atoms. The molecule has 1 N–H and O–H groups in total. The third-order valence-electron chi connectivity index (χ3n) is 4.49. The van der Waals surface area contributed by atoms with Crippen LogP contribution in [-0.2, 0) is 4.79 Å². The minimum Gasteiger partial charge on any atom is -0.493 e. The van der Waals surface area contributed by atoms with Gasteiger partial charge in [0.25, 0.3) is 5.91 Å². The van der Waals surface area contributed by atoms with Crippen LogP contribution < -0.4 is 10.1 Å². The number of unbranched alkanes of at least 4 members (excludes halogenated alkanes) is 5. The van der Waals surface area contributed by atoms with Crippen LogP contribution in [0, 0.1) is 17.1 Å². The van der Waals surface area contributed by atoms with E-state index in [2.05, 4.69) is 28.2 Å². The maximum atomic E-state index is 13.0. The molecule has 2 rings (SSSR count). The number of hydrogen-bond donors (Lipinski definition) is 1. The van der Waals surface area contributed by atoms with Crippen molar-refractivity contribution in [1.29, 1.82) is 5.26 Å². The molecule has 158 valence electrons. The number of nitrogens with zero attached hydrogens (tertiary/aromatic N) is 1. The van der Waals surface area contributed by atoms with E-state index in [0.717, 1.165) is 17.3 Å². The lowest BCUT2D eigenvalue weighted by atomic mass is 10.1. The number of anilines is 1. The molecular weight excluding hydrogens is 447 g/mol. The van der Waals surface area contributed by atoms with Gasteiger partial charge in [0, 0.05) is 15.7 Å². The van der Waals surface area contributed by atoms with Crippen LogP contribution in [0.25, 0.3) is 6.08 Å². The van der Waals surface area contributed by atoms with E-state index < -0.39 is 11.7 Å². The minimum atomic E-state index is -0.564. The highest BCUT2D eigenvalue weighted by Gasteiger charge is 2.12. The van der Waals surface area contributed by atoms with Crippen molar-refractivity contribution in [3.8, 4) is 11.8 Å². The van der Waals surface area contributed by atoms with Crippen molar-refractivity contribution in [2.45, 2.75) is 45.4 Å². The van der Waals surface area contributed by atoms with E-state index in [0.29, 0.717) is 23.6 Å². The van der Waals surface area contributed by atoms with Crippen LogP contribution in [-0.4, -0.2) is 12.5 Å². The first-order valence-electron chi connectivity index (χ1n) is 10.1. The van der Waals surface area contributed by atoms with E-state index in [1.165, 1.54) is 56.0 Å². The average molecular weight is 473 g/mol. The summed E-state index contributed by atoms with van der Waals surface area (Å²) in [6, 6.07) is 12.8. The zero-order chi connectivity index (χ0) is 21.8. The van der Waals surface area contributed by atoms with Crippen molar-refractivity contribution in [2.75, 3.05) is 11.9 Å². The van der Waals surface area contributed by atoms with Crippen molar-refractivity contribution < 1.29 is 13.9 Å². The van der Waals surface area contributed by atoms with Gasteiger partial charge in [-0.1, -0.05) is 55.0 Å². The summed E-state index contributed by atoms with van der Waals surface area (Å²) in [5.74, 6) is -0.342. The SMILES string of the molecule is CCCCCCCCOc1ccc(Br)cc1/C=C(\C#N)C(=O)Nc1ccc(F)cc1. The second kappa shape index (κ2) is 12.8.